The fraction of sp³-hybridized carbons (Fsp3) is 0.632. The van der Waals surface area contributed by atoms with Crippen LogP contribution in [0, 0.1) is 12.8 Å². The van der Waals surface area contributed by atoms with Crippen molar-refractivity contribution < 1.29 is 9.53 Å². The monoisotopic (exact) mass is 316 g/mol. The van der Waals surface area contributed by atoms with Crippen LogP contribution in [0.5, 0.6) is 0 Å². The first kappa shape index (κ1) is 16.5. The quantitative estimate of drug-likeness (QED) is 0.895. The number of carbonyl (C=O) groups is 1. The molecule has 2 fully saturated rings. The van der Waals surface area contributed by atoms with Crippen molar-refractivity contribution in [2.24, 2.45) is 5.92 Å². The number of carbonyl (C=O) groups excluding carboxylic acids is 1. The molecule has 0 radical (unpaired) electrons. The Labute approximate surface area is 139 Å². The number of ether oxygens (including phenoxy) is 1. The third kappa shape index (κ3) is 3.75. The molecule has 0 aliphatic carbocycles. The molecule has 4 nitrogen and oxygen atoms in total. The molecule has 0 spiro atoms. The SMILES string of the molecule is Cc1ccccc1C1(CNC(=O)C2CCCNC2)CCOCC1. The molecule has 2 aliphatic rings. The first-order valence-electron chi connectivity index (χ1n) is 8.84. The predicted octanol–water partition coefficient (Wildman–Crippen LogP) is 2.16. The van der Waals surface area contributed by atoms with Crippen LogP contribution in [0.3, 0.4) is 0 Å². The van der Waals surface area contributed by atoms with Gasteiger partial charge in [-0.25, -0.2) is 0 Å². The van der Waals surface area contributed by atoms with Crippen LogP contribution < -0.4 is 10.6 Å². The van der Waals surface area contributed by atoms with Crippen LogP contribution in [-0.4, -0.2) is 38.8 Å². The number of benzene rings is 1. The van der Waals surface area contributed by atoms with Crippen LogP contribution in [0.2, 0.25) is 0 Å². The number of aryl methyl sites for hydroxylation is 1. The zero-order chi connectivity index (χ0) is 16.1. The molecule has 2 heterocycles. The van der Waals surface area contributed by atoms with Gasteiger partial charge in [-0.2, -0.15) is 0 Å². The van der Waals surface area contributed by atoms with Gasteiger partial charge < -0.3 is 15.4 Å². The highest BCUT2D eigenvalue weighted by Gasteiger charge is 2.36. The van der Waals surface area contributed by atoms with Gasteiger partial charge in [-0.05, 0) is 50.3 Å². The highest BCUT2D eigenvalue weighted by atomic mass is 16.5. The fourth-order valence-electron chi connectivity index (χ4n) is 3.95. The number of hydrogen-bond donors (Lipinski definition) is 2. The van der Waals surface area contributed by atoms with Crippen molar-refractivity contribution in [2.75, 3.05) is 32.8 Å². The van der Waals surface area contributed by atoms with Crippen LogP contribution in [0.15, 0.2) is 24.3 Å². The van der Waals surface area contributed by atoms with Crippen molar-refractivity contribution in [1.29, 1.82) is 0 Å². The lowest BCUT2D eigenvalue weighted by atomic mass is 9.72. The van der Waals surface area contributed by atoms with Crippen LogP contribution in [-0.2, 0) is 14.9 Å². The van der Waals surface area contributed by atoms with E-state index in [0.717, 1.165) is 58.5 Å². The van der Waals surface area contributed by atoms with Crippen LogP contribution in [0.25, 0.3) is 0 Å². The Bertz CT molecular complexity index is 532. The number of rotatable bonds is 4. The molecule has 2 aliphatic heterocycles. The van der Waals surface area contributed by atoms with Gasteiger partial charge in [0.15, 0.2) is 0 Å². The normalized spacial score (nSPS) is 24.1. The van der Waals surface area contributed by atoms with Gasteiger partial charge >= 0.3 is 0 Å². The third-order valence-corrected chi connectivity index (χ3v) is 5.43. The van der Waals surface area contributed by atoms with Crippen LogP contribution in [0.4, 0.5) is 0 Å². The summed E-state index contributed by atoms with van der Waals surface area (Å²) in [5.41, 5.74) is 2.69. The van der Waals surface area contributed by atoms with Gasteiger partial charge in [0.25, 0.3) is 0 Å². The summed E-state index contributed by atoms with van der Waals surface area (Å²) >= 11 is 0. The summed E-state index contributed by atoms with van der Waals surface area (Å²) in [4.78, 5) is 12.5. The van der Waals surface area contributed by atoms with Crippen molar-refractivity contribution in [3.05, 3.63) is 35.4 Å². The van der Waals surface area contributed by atoms with Crippen molar-refractivity contribution in [3.63, 3.8) is 0 Å². The number of nitrogens with one attached hydrogen (secondary N) is 2. The van der Waals surface area contributed by atoms with E-state index >= 15 is 0 Å². The first-order chi connectivity index (χ1) is 11.2. The summed E-state index contributed by atoms with van der Waals surface area (Å²) in [5.74, 6) is 0.328. The summed E-state index contributed by atoms with van der Waals surface area (Å²) in [6.45, 7) is 6.28. The minimum atomic E-state index is 0.0152. The van der Waals surface area contributed by atoms with Gasteiger partial charge in [-0.3, -0.25) is 4.79 Å². The largest absolute Gasteiger partial charge is 0.381 e. The van der Waals surface area contributed by atoms with E-state index in [9.17, 15) is 4.79 Å². The Morgan fingerprint density at radius 1 is 1.35 bits per heavy atom. The lowest BCUT2D eigenvalue weighted by Gasteiger charge is -2.39. The van der Waals surface area contributed by atoms with Gasteiger partial charge in [0.2, 0.25) is 5.91 Å². The second-order valence-corrected chi connectivity index (χ2v) is 6.97. The maximum absolute atomic E-state index is 12.5. The maximum atomic E-state index is 12.5. The Balaban J connectivity index is 1.72. The molecule has 0 bridgehead atoms. The van der Waals surface area contributed by atoms with E-state index in [1.807, 2.05) is 0 Å². The molecule has 23 heavy (non-hydrogen) atoms. The lowest BCUT2D eigenvalue weighted by molar-refractivity contribution is -0.126. The molecule has 3 rings (SSSR count). The predicted molar refractivity (Wildman–Crippen MR) is 91.5 cm³/mol. The van der Waals surface area contributed by atoms with E-state index in [2.05, 4.69) is 41.8 Å². The standard InChI is InChI=1S/C19H28N2O2/c1-15-5-2-3-7-17(15)19(8-11-23-12-9-19)14-21-18(22)16-6-4-10-20-13-16/h2-3,5,7,16,20H,4,6,8-14H2,1H3,(H,21,22). The smallest absolute Gasteiger partial charge is 0.224 e. The van der Waals surface area contributed by atoms with E-state index in [1.165, 1.54) is 11.1 Å². The Hall–Kier alpha value is -1.39. The Morgan fingerprint density at radius 2 is 2.13 bits per heavy atom. The van der Waals surface area contributed by atoms with Crippen molar-refractivity contribution in [1.82, 2.24) is 10.6 Å². The van der Waals surface area contributed by atoms with Gasteiger partial charge in [0, 0.05) is 31.7 Å². The summed E-state index contributed by atoms with van der Waals surface area (Å²) in [6, 6.07) is 8.57. The number of hydrogen-bond acceptors (Lipinski definition) is 3. The van der Waals surface area contributed by atoms with Crippen LogP contribution >= 0.6 is 0 Å². The average Bonchev–Trinajstić information content (AvgIpc) is 2.61. The number of amides is 1. The summed E-state index contributed by atoms with van der Waals surface area (Å²) < 4.78 is 5.59. The maximum Gasteiger partial charge on any atom is 0.224 e. The van der Waals surface area contributed by atoms with Crippen molar-refractivity contribution in [3.8, 4) is 0 Å². The second kappa shape index (κ2) is 7.45. The molecule has 1 aromatic carbocycles. The molecular weight excluding hydrogens is 288 g/mol. The van der Waals surface area contributed by atoms with E-state index in [0.29, 0.717) is 0 Å². The lowest BCUT2D eigenvalue weighted by Crippen LogP contribution is -2.48. The molecule has 1 aromatic rings. The Morgan fingerprint density at radius 3 is 2.83 bits per heavy atom. The molecule has 0 saturated carbocycles. The van der Waals surface area contributed by atoms with E-state index in [4.69, 9.17) is 4.74 Å². The topological polar surface area (TPSA) is 50.4 Å². The van der Waals surface area contributed by atoms with E-state index in [1.54, 1.807) is 0 Å². The summed E-state index contributed by atoms with van der Waals surface area (Å²) in [6.07, 6.45) is 4.04. The zero-order valence-corrected chi connectivity index (χ0v) is 14.1. The fourth-order valence-corrected chi connectivity index (χ4v) is 3.95. The minimum Gasteiger partial charge on any atom is -0.381 e. The van der Waals surface area contributed by atoms with Gasteiger partial charge in [-0.15, -0.1) is 0 Å². The van der Waals surface area contributed by atoms with Gasteiger partial charge in [0.1, 0.15) is 0 Å². The van der Waals surface area contributed by atoms with E-state index in [-0.39, 0.29) is 17.2 Å². The zero-order valence-electron chi connectivity index (χ0n) is 14.1. The molecule has 1 atom stereocenters. The summed E-state index contributed by atoms with van der Waals surface area (Å²) in [5, 5.41) is 6.58. The van der Waals surface area contributed by atoms with E-state index < -0.39 is 0 Å². The molecular formula is C19H28N2O2. The molecule has 126 valence electrons. The molecule has 1 amide bonds. The van der Waals surface area contributed by atoms with Crippen molar-refractivity contribution >= 4 is 5.91 Å². The molecule has 2 N–H and O–H groups in total. The first-order valence-corrected chi connectivity index (χ1v) is 8.84. The second-order valence-electron chi connectivity index (χ2n) is 6.97. The van der Waals surface area contributed by atoms with Gasteiger partial charge in [0.05, 0.1) is 5.92 Å². The highest BCUT2D eigenvalue weighted by Crippen LogP contribution is 2.36. The number of piperidine rings is 1. The third-order valence-electron chi connectivity index (χ3n) is 5.43. The average molecular weight is 316 g/mol. The minimum absolute atomic E-state index is 0.0152. The molecule has 2 saturated heterocycles. The van der Waals surface area contributed by atoms with Gasteiger partial charge in [-0.1, -0.05) is 24.3 Å². The molecule has 4 heteroatoms. The molecule has 0 aromatic heterocycles. The van der Waals surface area contributed by atoms with Crippen LogP contribution in [0.1, 0.15) is 36.8 Å². The Kier molecular flexibility index (Phi) is 5.34. The summed E-state index contributed by atoms with van der Waals surface area (Å²) in [7, 11) is 0. The highest BCUT2D eigenvalue weighted by molar-refractivity contribution is 5.79. The van der Waals surface area contributed by atoms with Crippen molar-refractivity contribution in [2.45, 2.75) is 38.0 Å². The molecule has 1 unspecified atom stereocenters.